The Balaban J connectivity index is 1.41. The van der Waals surface area contributed by atoms with Crippen LogP contribution in [0.4, 0.5) is 5.69 Å². The molecule has 3 aromatic carbocycles. The predicted molar refractivity (Wildman–Crippen MR) is 151 cm³/mol. The average molecular weight is 522 g/mol. The Morgan fingerprint density at radius 2 is 1.19 bits per heavy atom. The monoisotopic (exact) mass is 521 g/mol. The number of benzene rings is 3. The Labute approximate surface area is 222 Å². The number of hydrogen-bond donors (Lipinski definition) is 1. The maximum Gasteiger partial charge on any atom is 0.261 e. The van der Waals surface area contributed by atoms with Gasteiger partial charge in [0.2, 0.25) is 5.91 Å². The van der Waals surface area contributed by atoms with E-state index in [4.69, 9.17) is 18.6 Å². The van der Waals surface area contributed by atoms with E-state index in [1.54, 1.807) is 12.1 Å². The number of ether oxygens (including phenoxy) is 3. The minimum absolute atomic E-state index is 0.0525. The van der Waals surface area contributed by atoms with Gasteiger partial charge in [0.1, 0.15) is 12.4 Å². The molecule has 3 rings (SSSR count). The first kappa shape index (κ1) is 28.6. The van der Waals surface area contributed by atoms with Gasteiger partial charge in [-0.2, -0.15) is 0 Å². The van der Waals surface area contributed by atoms with Crippen molar-refractivity contribution in [3.05, 3.63) is 84.9 Å². The zero-order chi connectivity index (χ0) is 26.6. The molecule has 0 unspecified atom stereocenters. The van der Waals surface area contributed by atoms with Crippen LogP contribution in [0, 0.1) is 0 Å². The molecule has 0 radical (unpaired) electrons. The second-order valence-corrected chi connectivity index (χ2v) is 14.1. The third-order valence-electron chi connectivity index (χ3n) is 6.01. The lowest BCUT2D eigenvalue weighted by Crippen LogP contribution is -2.66. The summed E-state index contributed by atoms with van der Waals surface area (Å²) in [6.07, 6.45) is 0. The van der Waals surface area contributed by atoms with E-state index in [1.165, 1.54) is 17.3 Å². The summed E-state index contributed by atoms with van der Waals surface area (Å²) in [6, 6.07) is 28.5. The fourth-order valence-corrected chi connectivity index (χ4v) is 8.94. The minimum atomic E-state index is -2.53. The van der Waals surface area contributed by atoms with Crippen molar-refractivity contribution in [1.82, 2.24) is 0 Å². The quantitative estimate of drug-likeness (QED) is 0.247. The predicted octanol–water partition coefficient (Wildman–Crippen LogP) is 4.63. The first-order valence-electron chi connectivity index (χ1n) is 12.7. The molecule has 3 aromatic rings. The lowest BCUT2D eigenvalue weighted by Gasteiger charge is -2.43. The summed E-state index contributed by atoms with van der Waals surface area (Å²) in [5.74, 6) is 0.633. The second kappa shape index (κ2) is 14.1. The van der Waals surface area contributed by atoms with Gasteiger partial charge in [-0.05, 0) is 39.7 Å². The van der Waals surface area contributed by atoms with Crippen molar-refractivity contribution in [3.8, 4) is 5.75 Å². The van der Waals surface area contributed by atoms with Crippen LogP contribution in [0.25, 0.3) is 0 Å². The van der Waals surface area contributed by atoms with Gasteiger partial charge in [-0.25, -0.2) is 0 Å². The molecule has 0 atom stereocenters. The third kappa shape index (κ3) is 8.26. The van der Waals surface area contributed by atoms with Crippen LogP contribution in [0.5, 0.6) is 5.75 Å². The molecule has 6 nitrogen and oxygen atoms in total. The number of carbonyl (C=O) groups excluding carboxylic acids is 1. The lowest BCUT2D eigenvalue weighted by atomic mass is 10.2. The summed E-state index contributed by atoms with van der Waals surface area (Å²) in [7, 11) is -2.53. The number of carbonyl (C=O) groups is 1. The van der Waals surface area contributed by atoms with Gasteiger partial charge in [0.15, 0.2) is 0 Å². The van der Waals surface area contributed by atoms with Gasteiger partial charge in [0.25, 0.3) is 8.32 Å². The molecule has 0 spiro atoms. The van der Waals surface area contributed by atoms with Crippen LogP contribution in [0.1, 0.15) is 27.7 Å². The zero-order valence-corrected chi connectivity index (χ0v) is 23.4. The summed E-state index contributed by atoms with van der Waals surface area (Å²) in [4.78, 5) is 11.1. The van der Waals surface area contributed by atoms with E-state index in [9.17, 15) is 4.79 Å². The van der Waals surface area contributed by atoms with Crippen LogP contribution >= 0.6 is 0 Å². The van der Waals surface area contributed by atoms with Crippen molar-refractivity contribution in [2.75, 3.05) is 45.0 Å². The fraction of sp³-hybridized carbons (Fsp3) is 0.367. The number of rotatable bonds is 14. The molecule has 0 fully saturated rings. The van der Waals surface area contributed by atoms with Crippen molar-refractivity contribution >= 4 is 30.3 Å². The maximum atomic E-state index is 11.1. The maximum absolute atomic E-state index is 11.1. The standard InChI is InChI=1S/C30H39NO5Si/c1-25(32)31-26-15-17-27(18-16-26)35-23-21-33-19-20-34-22-24-36-37(30(2,3)4,28-11-7-5-8-12-28)29-13-9-6-10-14-29/h5-18H,19-24H2,1-4H3,(H,31,32). The van der Waals surface area contributed by atoms with Crippen LogP contribution in [0.2, 0.25) is 5.04 Å². The van der Waals surface area contributed by atoms with Gasteiger partial charge < -0.3 is 24.0 Å². The van der Waals surface area contributed by atoms with Gasteiger partial charge in [0, 0.05) is 12.6 Å². The van der Waals surface area contributed by atoms with E-state index in [-0.39, 0.29) is 10.9 Å². The summed E-state index contributed by atoms with van der Waals surface area (Å²) < 4.78 is 23.9. The van der Waals surface area contributed by atoms with Gasteiger partial charge >= 0.3 is 0 Å². The van der Waals surface area contributed by atoms with Gasteiger partial charge in [-0.3, -0.25) is 4.79 Å². The van der Waals surface area contributed by atoms with E-state index in [1.807, 2.05) is 24.3 Å². The van der Waals surface area contributed by atoms with Crippen LogP contribution < -0.4 is 20.4 Å². The molecule has 0 aliphatic carbocycles. The Morgan fingerprint density at radius 1 is 0.703 bits per heavy atom. The molecule has 1 amide bonds. The lowest BCUT2D eigenvalue weighted by molar-refractivity contribution is -0.114. The van der Waals surface area contributed by atoms with Crippen LogP contribution in [0.15, 0.2) is 84.9 Å². The Hall–Kier alpha value is -2.97. The normalized spacial score (nSPS) is 11.8. The molecule has 198 valence electrons. The van der Waals surface area contributed by atoms with Crippen molar-refractivity contribution in [3.63, 3.8) is 0 Å². The van der Waals surface area contributed by atoms with E-state index in [2.05, 4.69) is 74.6 Å². The molecule has 0 bridgehead atoms. The molecular weight excluding hydrogens is 482 g/mol. The summed E-state index contributed by atoms with van der Waals surface area (Å²) in [6.45, 7) is 11.2. The fourth-order valence-electron chi connectivity index (χ4n) is 4.39. The molecule has 1 N–H and O–H groups in total. The number of anilines is 1. The van der Waals surface area contributed by atoms with Crippen molar-refractivity contribution in [2.24, 2.45) is 0 Å². The zero-order valence-electron chi connectivity index (χ0n) is 22.4. The SMILES string of the molecule is CC(=O)Nc1ccc(OCCOCCOCCO[Si](c2ccccc2)(c2ccccc2)C(C)(C)C)cc1. The van der Waals surface area contributed by atoms with Crippen LogP contribution in [-0.4, -0.2) is 53.9 Å². The molecule has 0 aromatic heterocycles. The molecule has 0 aliphatic rings. The van der Waals surface area contributed by atoms with Crippen LogP contribution in [0.3, 0.4) is 0 Å². The summed E-state index contributed by atoms with van der Waals surface area (Å²) >= 11 is 0. The highest BCUT2D eigenvalue weighted by Crippen LogP contribution is 2.36. The molecular formula is C30H39NO5Si. The molecule has 0 saturated heterocycles. The van der Waals surface area contributed by atoms with E-state index in [0.717, 1.165) is 11.4 Å². The van der Waals surface area contributed by atoms with Crippen molar-refractivity contribution < 1.29 is 23.4 Å². The van der Waals surface area contributed by atoms with E-state index >= 15 is 0 Å². The van der Waals surface area contributed by atoms with Crippen molar-refractivity contribution in [1.29, 1.82) is 0 Å². The highest BCUT2D eigenvalue weighted by molar-refractivity contribution is 6.99. The number of nitrogens with one attached hydrogen (secondary N) is 1. The van der Waals surface area contributed by atoms with E-state index < -0.39 is 8.32 Å². The first-order chi connectivity index (χ1) is 17.8. The Kier molecular flexibility index (Phi) is 10.9. The van der Waals surface area contributed by atoms with Gasteiger partial charge in [-0.1, -0.05) is 81.4 Å². The van der Waals surface area contributed by atoms with Crippen molar-refractivity contribution in [2.45, 2.75) is 32.7 Å². The molecule has 0 aliphatic heterocycles. The highest BCUT2D eigenvalue weighted by atomic mass is 28.4. The summed E-state index contributed by atoms with van der Waals surface area (Å²) in [5, 5.41) is 5.21. The topological polar surface area (TPSA) is 66.0 Å². The number of amides is 1. The number of hydrogen-bond acceptors (Lipinski definition) is 5. The Morgan fingerprint density at radius 3 is 1.68 bits per heavy atom. The van der Waals surface area contributed by atoms with Gasteiger partial charge in [-0.15, -0.1) is 0 Å². The van der Waals surface area contributed by atoms with E-state index in [0.29, 0.717) is 39.6 Å². The third-order valence-corrected chi connectivity index (χ3v) is 11.0. The molecule has 7 heteroatoms. The molecule has 0 saturated carbocycles. The Bertz CT molecular complexity index is 1030. The summed E-state index contributed by atoms with van der Waals surface area (Å²) in [5.41, 5.74) is 0.743. The molecule has 37 heavy (non-hydrogen) atoms. The average Bonchev–Trinajstić information content (AvgIpc) is 2.88. The smallest absolute Gasteiger partial charge is 0.261 e. The van der Waals surface area contributed by atoms with Gasteiger partial charge in [0.05, 0.1) is 33.0 Å². The highest BCUT2D eigenvalue weighted by Gasteiger charge is 2.49. The van der Waals surface area contributed by atoms with Crippen LogP contribution in [-0.2, 0) is 18.7 Å². The molecule has 0 heterocycles. The minimum Gasteiger partial charge on any atom is -0.491 e. The largest absolute Gasteiger partial charge is 0.491 e. The second-order valence-electron chi connectivity index (χ2n) is 9.79. The first-order valence-corrected chi connectivity index (χ1v) is 14.6.